The first-order valence-electron chi connectivity index (χ1n) is 9.69. The van der Waals surface area contributed by atoms with Crippen LogP contribution in [0.4, 0.5) is 5.69 Å². The van der Waals surface area contributed by atoms with E-state index in [1.54, 1.807) is 0 Å². The monoisotopic (exact) mass is 406 g/mol. The van der Waals surface area contributed by atoms with Crippen LogP contribution in [-0.4, -0.2) is 22.7 Å². The molecule has 0 radical (unpaired) electrons. The Morgan fingerprint density at radius 2 is 1.80 bits per heavy atom. The van der Waals surface area contributed by atoms with Gasteiger partial charge >= 0.3 is 11.9 Å². The molecule has 2 aromatic carbocycles. The van der Waals surface area contributed by atoms with Crippen molar-refractivity contribution in [3.8, 4) is 11.5 Å². The number of nitrogens with zero attached hydrogens (tertiary/aromatic N) is 1. The van der Waals surface area contributed by atoms with Crippen molar-refractivity contribution < 1.29 is 23.5 Å². The third-order valence-corrected chi connectivity index (χ3v) is 4.83. The second-order valence-corrected chi connectivity index (χ2v) is 7.59. The molecule has 7 nitrogen and oxygen atoms in total. The number of carbonyl (C=O) groups excluding carboxylic acids is 2. The normalized spacial score (nSPS) is 15.7. The van der Waals surface area contributed by atoms with Crippen LogP contribution in [0.3, 0.4) is 0 Å². The summed E-state index contributed by atoms with van der Waals surface area (Å²) in [5, 5.41) is 3.00. The standard InChI is InChI=1S/C23H22N2O5/c1-5-14-7-9-19-18(10-14)25-20(28-19)15-8-6-13(2)17(11-15)24-12-16-21(26)29-23(3,4)30-22(16)27/h6-12,24H,5H2,1-4H3. The van der Waals surface area contributed by atoms with Crippen LogP contribution in [0.15, 0.2) is 52.6 Å². The highest BCUT2D eigenvalue weighted by atomic mass is 16.7. The van der Waals surface area contributed by atoms with Crippen molar-refractivity contribution in [3.05, 3.63) is 59.3 Å². The molecule has 0 amide bonds. The van der Waals surface area contributed by atoms with Crippen LogP contribution < -0.4 is 5.32 Å². The Labute approximate surface area is 173 Å². The van der Waals surface area contributed by atoms with Crippen molar-refractivity contribution in [2.75, 3.05) is 5.32 Å². The van der Waals surface area contributed by atoms with Crippen molar-refractivity contribution in [1.29, 1.82) is 0 Å². The fraction of sp³-hybridized carbons (Fsp3) is 0.261. The van der Waals surface area contributed by atoms with Gasteiger partial charge in [-0.2, -0.15) is 0 Å². The van der Waals surface area contributed by atoms with E-state index in [0.717, 1.165) is 28.6 Å². The van der Waals surface area contributed by atoms with Gasteiger partial charge in [-0.05, 0) is 48.7 Å². The van der Waals surface area contributed by atoms with Crippen molar-refractivity contribution in [3.63, 3.8) is 0 Å². The zero-order chi connectivity index (χ0) is 21.5. The lowest BCUT2D eigenvalue weighted by molar-refractivity contribution is -0.222. The number of hydrogen-bond acceptors (Lipinski definition) is 7. The summed E-state index contributed by atoms with van der Waals surface area (Å²) in [4.78, 5) is 28.8. The third kappa shape index (κ3) is 3.78. The molecule has 0 aliphatic carbocycles. The molecule has 1 fully saturated rings. The smallest absolute Gasteiger partial charge is 0.350 e. The number of ether oxygens (including phenoxy) is 2. The lowest BCUT2D eigenvalue weighted by atomic mass is 10.1. The number of carbonyl (C=O) groups is 2. The Bertz CT molecular complexity index is 1170. The van der Waals surface area contributed by atoms with Crippen molar-refractivity contribution >= 4 is 28.7 Å². The first kappa shape index (κ1) is 19.7. The minimum absolute atomic E-state index is 0.201. The number of nitrogens with one attached hydrogen (secondary N) is 1. The van der Waals surface area contributed by atoms with Gasteiger partial charge in [0.05, 0.1) is 0 Å². The Morgan fingerprint density at radius 3 is 2.50 bits per heavy atom. The van der Waals surface area contributed by atoms with Crippen LogP contribution in [0.25, 0.3) is 22.6 Å². The number of cyclic esters (lactones) is 2. The van der Waals surface area contributed by atoms with Gasteiger partial charge in [-0.15, -0.1) is 0 Å². The molecule has 0 bridgehead atoms. The van der Waals surface area contributed by atoms with E-state index < -0.39 is 17.7 Å². The number of oxazole rings is 1. The van der Waals surface area contributed by atoms with Gasteiger partial charge in [-0.3, -0.25) is 0 Å². The summed E-state index contributed by atoms with van der Waals surface area (Å²) < 4.78 is 16.1. The molecule has 0 spiro atoms. The molecule has 1 saturated heterocycles. The molecule has 30 heavy (non-hydrogen) atoms. The average Bonchev–Trinajstić information content (AvgIpc) is 3.10. The Kier molecular flexibility index (Phi) is 4.81. The van der Waals surface area contributed by atoms with Crippen LogP contribution in [0.1, 0.15) is 31.9 Å². The third-order valence-electron chi connectivity index (χ3n) is 4.83. The predicted molar refractivity (Wildman–Crippen MR) is 112 cm³/mol. The fourth-order valence-corrected chi connectivity index (χ4v) is 3.16. The number of hydrogen-bond donors (Lipinski definition) is 1. The summed E-state index contributed by atoms with van der Waals surface area (Å²) in [5.74, 6) is -2.25. The zero-order valence-corrected chi connectivity index (χ0v) is 17.2. The molecule has 1 N–H and O–H groups in total. The van der Waals surface area contributed by atoms with E-state index in [-0.39, 0.29) is 5.57 Å². The summed E-state index contributed by atoms with van der Waals surface area (Å²) in [7, 11) is 0. The minimum atomic E-state index is -1.27. The second kappa shape index (κ2) is 7.33. The molecule has 0 atom stereocenters. The highest BCUT2D eigenvalue weighted by Crippen LogP contribution is 2.29. The molecule has 0 saturated carbocycles. The number of anilines is 1. The highest BCUT2D eigenvalue weighted by molar-refractivity contribution is 6.15. The summed E-state index contributed by atoms with van der Waals surface area (Å²) in [6.45, 7) is 7.01. The SMILES string of the molecule is CCc1ccc2oc(-c3ccc(C)c(NC=C4C(=O)OC(C)(C)OC4=O)c3)nc2c1. The van der Waals surface area contributed by atoms with Crippen LogP contribution >= 0.6 is 0 Å². The molecule has 4 rings (SSSR count). The number of aromatic nitrogens is 1. The average molecular weight is 406 g/mol. The number of rotatable bonds is 4. The van der Waals surface area contributed by atoms with Gasteiger partial charge in [0, 0.05) is 31.3 Å². The van der Waals surface area contributed by atoms with E-state index in [4.69, 9.17) is 13.9 Å². The molecule has 0 unspecified atom stereocenters. The van der Waals surface area contributed by atoms with Gasteiger partial charge < -0.3 is 19.2 Å². The van der Waals surface area contributed by atoms with Crippen LogP contribution in [0.5, 0.6) is 0 Å². The van der Waals surface area contributed by atoms with Crippen molar-refractivity contribution in [2.45, 2.75) is 39.9 Å². The maximum Gasteiger partial charge on any atom is 0.350 e. The first-order chi connectivity index (χ1) is 14.3. The van der Waals surface area contributed by atoms with Crippen LogP contribution in [-0.2, 0) is 25.5 Å². The zero-order valence-electron chi connectivity index (χ0n) is 17.2. The molecular formula is C23H22N2O5. The predicted octanol–water partition coefficient (Wildman–Crippen LogP) is 4.50. The fourth-order valence-electron chi connectivity index (χ4n) is 3.16. The van der Waals surface area contributed by atoms with Gasteiger partial charge in [-0.1, -0.05) is 19.1 Å². The lowest BCUT2D eigenvalue weighted by Gasteiger charge is -2.29. The van der Waals surface area contributed by atoms with Gasteiger partial charge in [0.1, 0.15) is 5.52 Å². The highest BCUT2D eigenvalue weighted by Gasteiger charge is 2.38. The van der Waals surface area contributed by atoms with Gasteiger partial charge in [0.25, 0.3) is 5.79 Å². The van der Waals surface area contributed by atoms with Crippen LogP contribution in [0, 0.1) is 6.92 Å². The van der Waals surface area contributed by atoms with E-state index in [9.17, 15) is 9.59 Å². The minimum Gasteiger partial charge on any atom is -0.436 e. The number of fused-ring (bicyclic) bond motifs is 1. The van der Waals surface area contributed by atoms with Gasteiger partial charge in [0.2, 0.25) is 5.89 Å². The second-order valence-electron chi connectivity index (χ2n) is 7.59. The van der Waals surface area contributed by atoms with E-state index in [2.05, 4.69) is 17.2 Å². The molecule has 1 aliphatic rings. The molecule has 1 aliphatic heterocycles. The summed E-state index contributed by atoms with van der Waals surface area (Å²) >= 11 is 0. The van der Waals surface area contributed by atoms with Gasteiger partial charge in [-0.25, -0.2) is 14.6 Å². The molecule has 3 aromatic rings. The van der Waals surface area contributed by atoms with Gasteiger partial charge in [0.15, 0.2) is 11.2 Å². The number of benzene rings is 2. The first-order valence-corrected chi connectivity index (χ1v) is 9.69. The molecule has 1 aromatic heterocycles. The van der Waals surface area contributed by atoms with Crippen molar-refractivity contribution in [2.24, 2.45) is 0 Å². The maximum atomic E-state index is 12.1. The Balaban J connectivity index is 1.63. The maximum absolute atomic E-state index is 12.1. The largest absolute Gasteiger partial charge is 0.436 e. The molecule has 154 valence electrons. The number of esters is 2. The molecular weight excluding hydrogens is 384 g/mol. The molecule has 7 heteroatoms. The van der Waals surface area contributed by atoms with E-state index >= 15 is 0 Å². The molecule has 2 heterocycles. The summed E-state index contributed by atoms with van der Waals surface area (Å²) in [6, 6.07) is 11.6. The van der Waals surface area contributed by atoms with E-state index in [1.807, 2.05) is 43.3 Å². The summed E-state index contributed by atoms with van der Waals surface area (Å²) in [6.07, 6.45) is 2.22. The quantitative estimate of drug-likeness (QED) is 0.388. The van der Waals surface area contributed by atoms with Crippen LogP contribution in [0.2, 0.25) is 0 Å². The van der Waals surface area contributed by atoms with E-state index in [1.165, 1.54) is 25.6 Å². The summed E-state index contributed by atoms with van der Waals surface area (Å²) in [5.41, 5.74) is 4.89. The number of aryl methyl sites for hydroxylation is 2. The topological polar surface area (TPSA) is 90.7 Å². The van der Waals surface area contributed by atoms with Crippen molar-refractivity contribution in [1.82, 2.24) is 4.98 Å². The Morgan fingerprint density at radius 1 is 1.07 bits per heavy atom. The van der Waals surface area contributed by atoms with E-state index in [0.29, 0.717) is 11.6 Å². The lowest BCUT2D eigenvalue weighted by Crippen LogP contribution is -2.42. The Hall–Kier alpha value is -3.61.